The summed E-state index contributed by atoms with van der Waals surface area (Å²) in [6.45, 7) is 1.95. The molecule has 1 N–H and O–H groups in total. The molecule has 1 aliphatic carbocycles. The molecule has 1 amide bonds. The fourth-order valence-corrected chi connectivity index (χ4v) is 3.84. The number of carbonyl (C=O) groups excluding carboxylic acids is 1. The summed E-state index contributed by atoms with van der Waals surface area (Å²) in [6, 6.07) is 3.18. The van der Waals surface area contributed by atoms with Gasteiger partial charge >= 0.3 is 0 Å². The fourth-order valence-electron chi connectivity index (χ4n) is 2.75. The zero-order valence-corrected chi connectivity index (χ0v) is 13.8. The van der Waals surface area contributed by atoms with Crippen LogP contribution in [0.5, 0.6) is 0 Å². The van der Waals surface area contributed by atoms with Crippen LogP contribution in [0.3, 0.4) is 0 Å². The molecule has 122 valence electrons. The third-order valence-electron chi connectivity index (χ3n) is 4.17. The smallest absolute Gasteiger partial charge is 0.244 e. The van der Waals surface area contributed by atoms with Gasteiger partial charge in [0.1, 0.15) is 4.90 Å². The van der Waals surface area contributed by atoms with Crippen LogP contribution in [0.1, 0.15) is 32.6 Å². The average molecular weight is 325 g/mol. The van der Waals surface area contributed by atoms with Crippen molar-refractivity contribution in [3.05, 3.63) is 24.5 Å². The van der Waals surface area contributed by atoms with E-state index in [0.717, 1.165) is 23.6 Å². The number of pyridine rings is 1. The van der Waals surface area contributed by atoms with Crippen LogP contribution in [0.2, 0.25) is 0 Å². The summed E-state index contributed by atoms with van der Waals surface area (Å²) >= 11 is 0. The second-order valence-corrected chi connectivity index (χ2v) is 7.93. The predicted molar refractivity (Wildman–Crippen MR) is 83.6 cm³/mol. The molecular formula is C15H23N3O3S. The van der Waals surface area contributed by atoms with Gasteiger partial charge in [0.15, 0.2) is 0 Å². The number of aromatic nitrogens is 1. The standard InChI is InChI=1S/C15H23N3O3S/c1-12-6-3-4-8-14(12)17-15(19)11-18(2)22(20,21)13-7-5-9-16-10-13/h5,7,9-10,12,14H,3-4,6,8,11H2,1-2H3,(H,17,19). The fraction of sp³-hybridized carbons (Fsp3) is 0.600. The second kappa shape index (κ2) is 7.19. The molecule has 1 aliphatic rings. The van der Waals surface area contributed by atoms with Gasteiger partial charge in [-0.05, 0) is 30.9 Å². The molecule has 1 aromatic rings. The zero-order valence-electron chi connectivity index (χ0n) is 13.0. The first-order valence-corrected chi connectivity index (χ1v) is 9.01. The van der Waals surface area contributed by atoms with Crippen molar-refractivity contribution in [1.29, 1.82) is 0 Å². The van der Waals surface area contributed by atoms with E-state index in [4.69, 9.17) is 0 Å². The first-order valence-electron chi connectivity index (χ1n) is 7.57. The Morgan fingerprint density at radius 1 is 1.41 bits per heavy atom. The lowest BCUT2D eigenvalue weighted by atomic mass is 9.86. The lowest BCUT2D eigenvalue weighted by Gasteiger charge is -2.30. The van der Waals surface area contributed by atoms with Gasteiger partial charge in [-0.25, -0.2) is 8.42 Å². The Labute approximate surface area is 132 Å². The zero-order chi connectivity index (χ0) is 16.2. The van der Waals surface area contributed by atoms with Crippen molar-refractivity contribution in [2.24, 2.45) is 5.92 Å². The van der Waals surface area contributed by atoms with Crippen molar-refractivity contribution < 1.29 is 13.2 Å². The van der Waals surface area contributed by atoms with Crippen molar-refractivity contribution in [1.82, 2.24) is 14.6 Å². The van der Waals surface area contributed by atoms with E-state index in [1.165, 1.54) is 31.9 Å². The molecule has 2 unspecified atom stereocenters. The van der Waals surface area contributed by atoms with Gasteiger partial charge in [0.25, 0.3) is 0 Å². The van der Waals surface area contributed by atoms with E-state index >= 15 is 0 Å². The van der Waals surface area contributed by atoms with E-state index in [9.17, 15) is 13.2 Å². The molecule has 2 rings (SSSR count). The number of likely N-dealkylation sites (N-methyl/N-ethyl adjacent to an activating group) is 1. The molecule has 0 radical (unpaired) electrons. The first kappa shape index (κ1) is 16.9. The minimum Gasteiger partial charge on any atom is -0.352 e. The molecule has 22 heavy (non-hydrogen) atoms. The first-order chi connectivity index (χ1) is 10.4. The van der Waals surface area contributed by atoms with E-state index in [0.29, 0.717) is 5.92 Å². The minimum absolute atomic E-state index is 0.0938. The molecule has 1 fully saturated rings. The predicted octanol–water partition coefficient (Wildman–Crippen LogP) is 1.40. The van der Waals surface area contributed by atoms with E-state index in [-0.39, 0.29) is 23.4 Å². The number of carbonyl (C=O) groups is 1. The lowest BCUT2D eigenvalue weighted by Crippen LogP contribution is -2.46. The number of hydrogen-bond acceptors (Lipinski definition) is 4. The van der Waals surface area contributed by atoms with Gasteiger partial charge in [0, 0.05) is 25.5 Å². The highest BCUT2D eigenvalue weighted by Gasteiger charge is 2.26. The summed E-state index contributed by atoms with van der Waals surface area (Å²) < 4.78 is 25.7. The lowest BCUT2D eigenvalue weighted by molar-refractivity contribution is -0.122. The highest BCUT2D eigenvalue weighted by atomic mass is 32.2. The molecule has 0 aromatic carbocycles. The van der Waals surface area contributed by atoms with Crippen molar-refractivity contribution in [3.8, 4) is 0 Å². The van der Waals surface area contributed by atoms with Gasteiger partial charge in [-0.3, -0.25) is 9.78 Å². The topological polar surface area (TPSA) is 79.4 Å². The van der Waals surface area contributed by atoms with Crippen LogP contribution in [-0.4, -0.2) is 43.2 Å². The van der Waals surface area contributed by atoms with Crippen molar-refractivity contribution in [3.63, 3.8) is 0 Å². The number of nitrogens with zero attached hydrogens (tertiary/aromatic N) is 2. The van der Waals surface area contributed by atoms with Crippen LogP contribution in [0, 0.1) is 5.92 Å². The monoisotopic (exact) mass is 325 g/mol. The summed E-state index contributed by atoms with van der Waals surface area (Å²) in [6.07, 6.45) is 7.17. The molecule has 0 saturated heterocycles. The number of rotatable bonds is 5. The third-order valence-corrected chi connectivity index (χ3v) is 5.95. The summed E-state index contributed by atoms with van der Waals surface area (Å²) in [4.78, 5) is 16.0. The Morgan fingerprint density at radius 3 is 2.77 bits per heavy atom. The molecule has 1 heterocycles. The van der Waals surface area contributed by atoms with E-state index < -0.39 is 10.0 Å². The molecule has 1 aromatic heterocycles. The maximum absolute atomic E-state index is 12.3. The van der Waals surface area contributed by atoms with Gasteiger partial charge in [-0.2, -0.15) is 4.31 Å². The summed E-state index contributed by atoms with van der Waals surface area (Å²) in [5.41, 5.74) is 0. The van der Waals surface area contributed by atoms with Crippen LogP contribution in [-0.2, 0) is 14.8 Å². The number of nitrogens with one attached hydrogen (secondary N) is 1. The van der Waals surface area contributed by atoms with Crippen molar-refractivity contribution in [2.45, 2.75) is 43.5 Å². The summed E-state index contributed by atoms with van der Waals surface area (Å²) in [5.74, 6) is 0.187. The average Bonchev–Trinajstić information content (AvgIpc) is 2.50. The molecule has 7 heteroatoms. The maximum Gasteiger partial charge on any atom is 0.244 e. The van der Waals surface area contributed by atoms with Crippen molar-refractivity contribution >= 4 is 15.9 Å². The van der Waals surface area contributed by atoms with Crippen LogP contribution >= 0.6 is 0 Å². The number of hydrogen-bond donors (Lipinski definition) is 1. The van der Waals surface area contributed by atoms with Crippen LogP contribution < -0.4 is 5.32 Å². The highest BCUT2D eigenvalue weighted by Crippen LogP contribution is 2.23. The maximum atomic E-state index is 12.3. The summed E-state index contributed by atoms with van der Waals surface area (Å²) in [7, 11) is -2.27. The Bertz CT molecular complexity index is 604. The van der Waals surface area contributed by atoms with Gasteiger partial charge in [-0.15, -0.1) is 0 Å². The quantitative estimate of drug-likeness (QED) is 0.887. The molecular weight excluding hydrogens is 302 g/mol. The molecule has 0 spiro atoms. The van der Waals surface area contributed by atoms with Crippen LogP contribution in [0.25, 0.3) is 0 Å². The Kier molecular flexibility index (Phi) is 5.52. The Morgan fingerprint density at radius 2 is 2.14 bits per heavy atom. The normalized spacial score (nSPS) is 22.5. The molecule has 2 atom stereocenters. The highest BCUT2D eigenvalue weighted by molar-refractivity contribution is 7.89. The Hall–Kier alpha value is -1.47. The largest absolute Gasteiger partial charge is 0.352 e. The van der Waals surface area contributed by atoms with E-state index in [1.54, 1.807) is 6.07 Å². The van der Waals surface area contributed by atoms with Crippen LogP contribution in [0.4, 0.5) is 0 Å². The SMILES string of the molecule is CC1CCCCC1NC(=O)CN(C)S(=O)(=O)c1cccnc1. The number of sulfonamides is 1. The Balaban J connectivity index is 1.96. The van der Waals surface area contributed by atoms with E-state index in [2.05, 4.69) is 17.2 Å². The minimum atomic E-state index is -3.68. The van der Waals surface area contributed by atoms with Gasteiger partial charge < -0.3 is 5.32 Å². The molecule has 0 aliphatic heterocycles. The van der Waals surface area contributed by atoms with Crippen molar-refractivity contribution in [2.75, 3.05) is 13.6 Å². The van der Waals surface area contributed by atoms with Gasteiger partial charge in [-0.1, -0.05) is 19.8 Å². The van der Waals surface area contributed by atoms with E-state index in [1.807, 2.05) is 0 Å². The van der Waals surface area contributed by atoms with Gasteiger partial charge in [0.2, 0.25) is 15.9 Å². The number of amides is 1. The molecule has 1 saturated carbocycles. The second-order valence-electron chi connectivity index (χ2n) is 5.89. The van der Waals surface area contributed by atoms with Crippen LogP contribution in [0.15, 0.2) is 29.4 Å². The molecule has 6 nitrogen and oxygen atoms in total. The summed E-state index contributed by atoms with van der Waals surface area (Å²) in [5, 5.41) is 2.96. The molecule has 0 bridgehead atoms. The third kappa shape index (κ3) is 4.04. The van der Waals surface area contributed by atoms with Gasteiger partial charge in [0.05, 0.1) is 6.54 Å².